The van der Waals surface area contributed by atoms with Crippen molar-refractivity contribution in [1.82, 2.24) is 10.3 Å². The second kappa shape index (κ2) is 3.66. The fourth-order valence-corrected chi connectivity index (χ4v) is 1.50. The van der Waals surface area contributed by atoms with Gasteiger partial charge in [0, 0.05) is 12.4 Å². The molecule has 1 aliphatic rings. The van der Waals surface area contributed by atoms with Gasteiger partial charge in [-0.1, -0.05) is 0 Å². The first kappa shape index (κ1) is 10.7. The highest BCUT2D eigenvalue weighted by molar-refractivity contribution is 5.70. The quantitative estimate of drug-likeness (QED) is 0.804. The third-order valence-corrected chi connectivity index (χ3v) is 2.21. The second-order valence-electron chi connectivity index (χ2n) is 3.26. The summed E-state index contributed by atoms with van der Waals surface area (Å²) in [7, 11) is 0. The first-order valence-electron chi connectivity index (χ1n) is 4.43. The zero-order chi connectivity index (χ0) is 11.8. The van der Waals surface area contributed by atoms with Gasteiger partial charge in [-0.3, -0.25) is 4.98 Å². The topological polar surface area (TPSA) is 51.2 Å². The summed E-state index contributed by atoms with van der Waals surface area (Å²) in [6.07, 6.45) is -3.22. The molecule has 2 heterocycles. The SMILES string of the molecule is O=C1NC(c2ccncc2C(F)(F)F)CO1. The first-order valence-corrected chi connectivity index (χ1v) is 4.43. The van der Waals surface area contributed by atoms with E-state index in [9.17, 15) is 18.0 Å². The molecule has 7 heteroatoms. The zero-order valence-corrected chi connectivity index (χ0v) is 7.91. The van der Waals surface area contributed by atoms with Crippen LogP contribution in [-0.4, -0.2) is 17.7 Å². The number of amides is 1. The number of alkyl carbamates (subject to hydrolysis) is 1. The van der Waals surface area contributed by atoms with Crippen molar-refractivity contribution in [2.24, 2.45) is 0 Å². The van der Waals surface area contributed by atoms with E-state index < -0.39 is 23.9 Å². The van der Waals surface area contributed by atoms with E-state index in [4.69, 9.17) is 0 Å². The summed E-state index contributed by atoms with van der Waals surface area (Å²) in [4.78, 5) is 14.2. The third-order valence-electron chi connectivity index (χ3n) is 2.21. The van der Waals surface area contributed by atoms with Crippen LogP contribution < -0.4 is 5.32 Å². The number of halogens is 3. The number of cyclic esters (lactones) is 1. The Morgan fingerprint density at radius 1 is 1.50 bits per heavy atom. The summed E-state index contributed by atoms with van der Waals surface area (Å²) in [5, 5.41) is 2.29. The molecule has 0 bridgehead atoms. The fourth-order valence-electron chi connectivity index (χ4n) is 1.50. The van der Waals surface area contributed by atoms with Crippen LogP contribution in [0.15, 0.2) is 18.5 Å². The minimum Gasteiger partial charge on any atom is -0.447 e. The smallest absolute Gasteiger partial charge is 0.418 e. The molecule has 1 fully saturated rings. The number of hydrogen-bond donors (Lipinski definition) is 1. The molecule has 1 amide bonds. The normalized spacial score (nSPS) is 20.4. The Bertz CT molecular complexity index is 419. The number of carbonyl (C=O) groups is 1. The van der Waals surface area contributed by atoms with Crippen molar-refractivity contribution >= 4 is 6.09 Å². The van der Waals surface area contributed by atoms with E-state index in [2.05, 4.69) is 15.0 Å². The predicted octanol–water partition coefficient (Wildman–Crippen LogP) is 1.88. The fraction of sp³-hybridized carbons (Fsp3) is 0.333. The molecule has 2 rings (SSSR count). The summed E-state index contributed by atoms with van der Waals surface area (Å²) in [6.45, 7) is -0.105. The molecule has 0 aliphatic carbocycles. The molecule has 1 atom stereocenters. The number of pyridine rings is 1. The average molecular weight is 232 g/mol. The number of nitrogens with zero attached hydrogens (tertiary/aromatic N) is 1. The Kier molecular flexibility index (Phi) is 2.45. The van der Waals surface area contributed by atoms with Crippen LogP contribution in [-0.2, 0) is 10.9 Å². The summed E-state index contributed by atoms with van der Waals surface area (Å²) in [5.74, 6) is 0. The van der Waals surface area contributed by atoms with Crippen LogP contribution in [0, 0.1) is 0 Å². The maximum atomic E-state index is 12.6. The van der Waals surface area contributed by atoms with E-state index in [1.165, 1.54) is 12.3 Å². The van der Waals surface area contributed by atoms with Crippen molar-refractivity contribution in [3.63, 3.8) is 0 Å². The lowest BCUT2D eigenvalue weighted by Gasteiger charge is -2.15. The van der Waals surface area contributed by atoms with Crippen LogP contribution in [0.2, 0.25) is 0 Å². The van der Waals surface area contributed by atoms with E-state index in [1.807, 2.05) is 0 Å². The van der Waals surface area contributed by atoms with Gasteiger partial charge in [0.2, 0.25) is 0 Å². The highest BCUT2D eigenvalue weighted by Crippen LogP contribution is 2.34. The summed E-state index contributed by atoms with van der Waals surface area (Å²) < 4.78 is 42.4. The van der Waals surface area contributed by atoms with Gasteiger partial charge in [0.25, 0.3) is 0 Å². The molecule has 4 nitrogen and oxygen atoms in total. The van der Waals surface area contributed by atoms with Gasteiger partial charge < -0.3 is 10.1 Å². The Morgan fingerprint density at radius 2 is 2.25 bits per heavy atom. The maximum Gasteiger partial charge on any atom is 0.418 e. The number of alkyl halides is 3. The van der Waals surface area contributed by atoms with E-state index in [-0.39, 0.29) is 12.2 Å². The minimum absolute atomic E-state index is 0.0339. The van der Waals surface area contributed by atoms with Gasteiger partial charge in [0.05, 0.1) is 11.6 Å². The van der Waals surface area contributed by atoms with Crippen molar-refractivity contribution in [2.75, 3.05) is 6.61 Å². The maximum absolute atomic E-state index is 12.6. The molecule has 1 aromatic rings. The molecular weight excluding hydrogens is 225 g/mol. The number of aromatic nitrogens is 1. The number of carbonyl (C=O) groups excluding carboxylic acids is 1. The Hall–Kier alpha value is -1.79. The molecule has 16 heavy (non-hydrogen) atoms. The monoisotopic (exact) mass is 232 g/mol. The van der Waals surface area contributed by atoms with Crippen LogP contribution in [0.1, 0.15) is 17.2 Å². The summed E-state index contributed by atoms with van der Waals surface area (Å²) in [5.41, 5.74) is -0.890. The van der Waals surface area contributed by atoms with E-state index in [0.717, 1.165) is 6.20 Å². The Balaban J connectivity index is 2.37. The van der Waals surface area contributed by atoms with E-state index >= 15 is 0 Å². The van der Waals surface area contributed by atoms with Gasteiger partial charge in [-0.15, -0.1) is 0 Å². The van der Waals surface area contributed by atoms with Crippen molar-refractivity contribution in [2.45, 2.75) is 12.2 Å². The minimum atomic E-state index is -4.49. The zero-order valence-electron chi connectivity index (χ0n) is 7.91. The van der Waals surface area contributed by atoms with Crippen molar-refractivity contribution < 1.29 is 22.7 Å². The van der Waals surface area contributed by atoms with Crippen LogP contribution in [0.25, 0.3) is 0 Å². The van der Waals surface area contributed by atoms with Crippen LogP contribution in [0.5, 0.6) is 0 Å². The molecule has 0 aromatic carbocycles. The molecule has 86 valence electrons. The molecular formula is C9H7F3N2O2. The van der Waals surface area contributed by atoms with Gasteiger partial charge in [-0.2, -0.15) is 13.2 Å². The van der Waals surface area contributed by atoms with Crippen molar-refractivity contribution in [3.05, 3.63) is 29.6 Å². The van der Waals surface area contributed by atoms with Crippen molar-refractivity contribution in [3.8, 4) is 0 Å². The van der Waals surface area contributed by atoms with Gasteiger partial charge in [0.1, 0.15) is 6.61 Å². The second-order valence-corrected chi connectivity index (χ2v) is 3.26. The molecule has 1 saturated heterocycles. The molecule has 1 N–H and O–H groups in total. The standard InChI is InChI=1S/C9H7F3N2O2/c10-9(11,12)6-3-13-2-1-5(6)7-4-16-8(15)14-7/h1-3,7H,4H2,(H,14,15). The number of nitrogens with one attached hydrogen (secondary N) is 1. The lowest BCUT2D eigenvalue weighted by molar-refractivity contribution is -0.138. The molecule has 0 radical (unpaired) electrons. The summed E-state index contributed by atoms with van der Waals surface area (Å²) in [6, 6.07) is 0.453. The van der Waals surface area contributed by atoms with Crippen molar-refractivity contribution in [1.29, 1.82) is 0 Å². The van der Waals surface area contributed by atoms with Crippen LogP contribution in [0.3, 0.4) is 0 Å². The highest BCUT2D eigenvalue weighted by atomic mass is 19.4. The lowest BCUT2D eigenvalue weighted by atomic mass is 10.0. The number of ether oxygens (including phenoxy) is 1. The molecule has 1 aromatic heterocycles. The molecule has 0 saturated carbocycles. The highest BCUT2D eigenvalue weighted by Gasteiger charge is 2.37. The summed E-state index contributed by atoms with van der Waals surface area (Å²) >= 11 is 0. The largest absolute Gasteiger partial charge is 0.447 e. The predicted molar refractivity (Wildman–Crippen MR) is 46.5 cm³/mol. The first-order chi connectivity index (χ1) is 7.48. The van der Waals surface area contributed by atoms with Gasteiger partial charge in [-0.05, 0) is 11.6 Å². The van der Waals surface area contributed by atoms with Crippen LogP contribution in [0.4, 0.5) is 18.0 Å². The number of hydrogen-bond acceptors (Lipinski definition) is 3. The number of rotatable bonds is 1. The van der Waals surface area contributed by atoms with E-state index in [1.54, 1.807) is 0 Å². The lowest BCUT2D eigenvalue weighted by Crippen LogP contribution is -2.22. The van der Waals surface area contributed by atoms with Gasteiger partial charge >= 0.3 is 12.3 Å². The van der Waals surface area contributed by atoms with E-state index in [0.29, 0.717) is 0 Å². The van der Waals surface area contributed by atoms with Crippen LogP contribution >= 0.6 is 0 Å². The molecule has 1 unspecified atom stereocenters. The third kappa shape index (κ3) is 1.93. The van der Waals surface area contributed by atoms with Gasteiger partial charge in [0.15, 0.2) is 0 Å². The average Bonchev–Trinajstić information content (AvgIpc) is 2.64. The Morgan fingerprint density at radius 3 is 2.81 bits per heavy atom. The molecule has 0 spiro atoms. The molecule has 1 aliphatic heterocycles. The Labute approximate surface area is 88.4 Å². The van der Waals surface area contributed by atoms with Gasteiger partial charge in [-0.25, -0.2) is 4.79 Å².